The third-order valence-electron chi connectivity index (χ3n) is 4.17. The van der Waals surface area contributed by atoms with Crippen LogP contribution in [0.5, 0.6) is 0 Å². The Bertz CT molecular complexity index is 934. The van der Waals surface area contributed by atoms with Gasteiger partial charge in [0.05, 0.1) is 11.1 Å². The van der Waals surface area contributed by atoms with E-state index in [2.05, 4.69) is 4.98 Å². The number of fused-ring (bicyclic) bond motifs is 1. The van der Waals surface area contributed by atoms with Crippen molar-refractivity contribution in [3.8, 4) is 0 Å². The van der Waals surface area contributed by atoms with Gasteiger partial charge in [-0.25, -0.2) is 4.39 Å². The van der Waals surface area contributed by atoms with Crippen molar-refractivity contribution < 1.29 is 14.0 Å². The Balaban J connectivity index is 1.87. The molecule has 0 aliphatic carbocycles. The lowest BCUT2D eigenvalue weighted by Crippen LogP contribution is -2.28. The molecule has 1 aromatic carbocycles. The van der Waals surface area contributed by atoms with Crippen molar-refractivity contribution in [3.05, 3.63) is 65.9 Å². The lowest BCUT2D eigenvalue weighted by molar-refractivity contribution is 0.0798. The van der Waals surface area contributed by atoms with E-state index in [4.69, 9.17) is 0 Å². The van der Waals surface area contributed by atoms with Gasteiger partial charge < -0.3 is 4.90 Å². The number of carbonyl (C=O) groups excluding carboxylic acids is 2. The quantitative estimate of drug-likeness (QED) is 0.734. The first-order chi connectivity index (χ1) is 12.0. The Morgan fingerprint density at radius 2 is 1.92 bits per heavy atom. The second-order valence-corrected chi connectivity index (χ2v) is 5.93. The van der Waals surface area contributed by atoms with Crippen LogP contribution < -0.4 is 0 Å². The summed E-state index contributed by atoms with van der Waals surface area (Å²) in [4.78, 5) is 30.2. The van der Waals surface area contributed by atoms with Crippen LogP contribution >= 0.6 is 0 Å². The van der Waals surface area contributed by atoms with Crippen LogP contribution in [0.25, 0.3) is 10.9 Å². The summed E-state index contributed by atoms with van der Waals surface area (Å²) < 4.78 is 14.8. The molecule has 0 saturated carbocycles. The normalized spacial score (nSPS) is 10.8. The van der Waals surface area contributed by atoms with E-state index in [-0.39, 0.29) is 11.8 Å². The molecule has 0 spiro atoms. The van der Waals surface area contributed by atoms with Crippen LogP contribution in [0.1, 0.15) is 27.6 Å². The standard InChI is InChI=1S/C19H18FN3O2/c1-13(24)23-12-17(16-4-3-15(20)11-18(16)23)19(25)22(2)10-7-14-5-8-21-9-6-14/h3-6,8-9,11-12H,7,10H2,1-2H3. The molecule has 0 aliphatic rings. The first kappa shape index (κ1) is 16.8. The molecule has 1 amide bonds. The zero-order valence-electron chi connectivity index (χ0n) is 14.1. The van der Waals surface area contributed by atoms with E-state index in [1.165, 1.54) is 35.9 Å². The fourth-order valence-corrected chi connectivity index (χ4v) is 2.78. The van der Waals surface area contributed by atoms with Gasteiger partial charge in [-0.2, -0.15) is 0 Å². The van der Waals surface area contributed by atoms with E-state index in [1.54, 1.807) is 24.3 Å². The number of amides is 1. The molecule has 0 aliphatic heterocycles. The lowest BCUT2D eigenvalue weighted by atomic mass is 10.1. The first-order valence-electron chi connectivity index (χ1n) is 7.93. The van der Waals surface area contributed by atoms with Crippen LogP contribution in [-0.2, 0) is 6.42 Å². The topological polar surface area (TPSA) is 55.2 Å². The number of nitrogens with zero attached hydrogens (tertiary/aromatic N) is 3. The van der Waals surface area contributed by atoms with Gasteiger partial charge >= 0.3 is 0 Å². The first-order valence-corrected chi connectivity index (χ1v) is 7.93. The number of rotatable bonds is 4. The number of carbonyl (C=O) groups is 2. The number of pyridine rings is 1. The maximum atomic E-state index is 13.5. The maximum absolute atomic E-state index is 13.5. The largest absolute Gasteiger partial charge is 0.341 e. The van der Waals surface area contributed by atoms with Crippen molar-refractivity contribution in [1.29, 1.82) is 0 Å². The highest BCUT2D eigenvalue weighted by Crippen LogP contribution is 2.23. The van der Waals surface area contributed by atoms with Gasteiger partial charge in [0.15, 0.2) is 0 Å². The molecule has 0 atom stereocenters. The number of likely N-dealkylation sites (N-methyl/N-ethyl adjacent to an activating group) is 1. The summed E-state index contributed by atoms with van der Waals surface area (Å²) in [6.45, 7) is 1.91. The molecular weight excluding hydrogens is 321 g/mol. The second kappa shape index (κ2) is 6.84. The molecule has 128 valence electrons. The SMILES string of the molecule is CC(=O)n1cc(C(=O)N(C)CCc2ccncc2)c2ccc(F)cc21. The van der Waals surface area contributed by atoms with Crippen LogP contribution in [-0.4, -0.2) is 39.9 Å². The van der Waals surface area contributed by atoms with Crippen LogP contribution in [0.15, 0.2) is 48.9 Å². The molecule has 0 saturated heterocycles. The highest BCUT2D eigenvalue weighted by Gasteiger charge is 2.20. The zero-order chi connectivity index (χ0) is 18.0. The van der Waals surface area contributed by atoms with Crippen LogP contribution in [0.2, 0.25) is 0 Å². The smallest absolute Gasteiger partial charge is 0.255 e. The Morgan fingerprint density at radius 3 is 2.60 bits per heavy atom. The molecular formula is C19H18FN3O2. The van der Waals surface area contributed by atoms with Gasteiger partial charge in [0.2, 0.25) is 5.91 Å². The summed E-state index contributed by atoms with van der Waals surface area (Å²) in [7, 11) is 1.71. The molecule has 2 heterocycles. The Kier molecular flexibility index (Phi) is 4.61. The van der Waals surface area contributed by atoms with Crippen molar-refractivity contribution in [2.24, 2.45) is 0 Å². The fourth-order valence-electron chi connectivity index (χ4n) is 2.78. The molecule has 6 heteroatoms. The van der Waals surface area contributed by atoms with E-state index in [0.717, 1.165) is 5.56 Å². The highest BCUT2D eigenvalue weighted by molar-refractivity contribution is 6.09. The minimum absolute atomic E-state index is 0.203. The minimum Gasteiger partial charge on any atom is -0.341 e. The second-order valence-electron chi connectivity index (χ2n) is 5.93. The summed E-state index contributed by atoms with van der Waals surface area (Å²) >= 11 is 0. The van der Waals surface area contributed by atoms with Gasteiger partial charge in [-0.15, -0.1) is 0 Å². The third kappa shape index (κ3) is 3.42. The van der Waals surface area contributed by atoms with Crippen molar-refractivity contribution >= 4 is 22.7 Å². The van der Waals surface area contributed by atoms with Crippen LogP contribution in [0.4, 0.5) is 4.39 Å². The number of hydrogen-bond acceptors (Lipinski definition) is 3. The summed E-state index contributed by atoms with van der Waals surface area (Å²) in [6.07, 6.45) is 5.61. The van der Waals surface area contributed by atoms with Crippen molar-refractivity contribution in [2.45, 2.75) is 13.3 Å². The summed E-state index contributed by atoms with van der Waals surface area (Å²) in [6, 6.07) is 7.91. The van der Waals surface area contributed by atoms with E-state index >= 15 is 0 Å². The number of benzene rings is 1. The molecule has 0 radical (unpaired) electrons. The number of halogens is 1. The van der Waals surface area contributed by atoms with Crippen molar-refractivity contribution in [3.63, 3.8) is 0 Å². The predicted octanol–water partition coefficient (Wildman–Crippen LogP) is 3.15. The molecule has 25 heavy (non-hydrogen) atoms. The molecule has 0 bridgehead atoms. The summed E-state index contributed by atoms with van der Waals surface area (Å²) in [5.74, 6) is -0.919. The Morgan fingerprint density at radius 1 is 1.20 bits per heavy atom. The number of hydrogen-bond donors (Lipinski definition) is 0. The molecule has 3 aromatic rings. The zero-order valence-corrected chi connectivity index (χ0v) is 14.1. The molecule has 0 unspecified atom stereocenters. The summed E-state index contributed by atoms with van der Waals surface area (Å²) in [5, 5.41) is 0.567. The predicted molar refractivity (Wildman–Crippen MR) is 93.1 cm³/mol. The van der Waals surface area contributed by atoms with E-state index in [1.807, 2.05) is 12.1 Å². The van der Waals surface area contributed by atoms with Gasteiger partial charge in [-0.3, -0.25) is 19.1 Å². The molecule has 5 nitrogen and oxygen atoms in total. The third-order valence-corrected chi connectivity index (χ3v) is 4.17. The molecule has 0 N–H and O–H groups in total. The van der Waals surface area contributed by atoms with E-state index in [0.29, 0.717) is 29.4 Å². The van der Waals surface area contributed by atoms with Crippen LogP contribution in [0.3, 0.4) is 0 Å². The van der Waals surface area contributed by atoms with E-state index in [9.17, 15) is 14.0 Å². The van der Waals surface area contributed by atoms with Gasteiger partial charge in [0, 0.05) is 44.5 Å². The molecule has 0 fully saturated rings. The van der Waals surface area contributed by atoms with Crippen molar-refractivity contribution in [2.75, 3.05) is 13.6 Å². The maximum Gasteiger partial charge on any atom is 0.255 e. The van der Waals surface area contributed by atoms with Gasteiger partial charge in [0.25, 0.3) is 5.91 Å². The van der Waals surface area contributed by atoms with E-state index < -0.39 is 5.82 Å². The van der Waals surface area contributed by atoms with Gasteiger partial charge in [0.1, 0.15) is 5.82 Å². The molecule has 2 aromatic heterocycles. The molecule has 3 rings (SSSR count). The Hall–Kier alpha value is -3.02. The number of aromatic nitrogens is 2. The van der Waals surface area contributed by atoms with Gasteiger partial charge in [-0.05, 0) is 42.3 Å². The summed E-state index contributed by atoms with van der Waals surface area (Å²) in [5.41, 5.74) is 1.88. The van der Waals surface area contributed by atoms with Crippen molar-refractivity contribution in [1.82, 2.24) is 14.5 Å². The fraction of sp³-hybridized carbons (Fsp3) is 0.211. The average Bonchev–Trinajstić information content (AvgIpc) is 2.98. The van der Waals surface area contributed by atoms with Crippen LogP contribution in [0, 0.1) is 5.82 Å². The Labute approximate surface area is 144 Å². The lowest BCUT2D eigenvalue weighted by Gasteiger charge is -2.16. The van der Waals surface area contributed by atoms with Gasteiger partial charge in [-0.1, -0.05) is 0 Å². The monoisotopic (exact) mass is 339 g/mol. The minimum atomic E-state index is -0.446. The average molecular weight is 339 g/mol. The highest BCUT2D eigenvalue weighted by atomic mass is 19.1.